The fraction of sp³-hybridized carbons (Fsp3) is 0.625. The van der Waals surface area contributed by atoms with Crippen LogP contribution in [0.4, 0.5) is 4.39 Å². The highest BCUT2D eigenvalue weighted by molar-refractivity contribution is 5.20. The number of benzene rings is 1. The maximum Gasteiger partial charge on any atom is 0.123 e. The van der Waals surface area contributed by atoms with E-state index < -0.39 is 5.60 Å². The van der Waals surface area contributed by atoms with Crippen LogP contribution in [-0.2, 0) is 0 Å². The number of rotatable bonds is 5. The summed E-state index contributed by atoms with van der Waals surface area (Å²) in [7, 11) is 0. The van der Waals surface area contributed by atoms with Gasteiger partial charge in [0.2, 0.25) is 0 Å². The largest absolute Gasteiger partial charge is 0.389 e. The summed E-state index contributed by atoms with van der Waals surface area (Å²) in [6.45, 7) is 2.68. The second-order valence-electron chi connectivity index (χ2n) is 5.68. The molecular formula is C16H24FNO. The van der Waals surface area contributed by atoms with Gasteiger partial charge >= 0.3 is 0 Å². The van der Waals surface area contributed by atoms with Crippen molar-refractivity contribution < 1.29 is 9.50 Å². The summed E-state index contributed by atoms with van der Waals surface area (Å²) in [5, 5.41) is 13.9. The standard InChI is InChI=1S/C16H24FNO/c1-2-15(13-7-6-8-14(17)11-13)18-12-16(19)9-4-3-5-10-16/h6-8,11,15,18-19H,2-5,9-10,12H2,1H3. The molecule has 0 heterocycles. The van der Waals surface area contributed by atoms with E-state index in [9.17, 15) is 9.50 Å². The van der Waals surface area contributed by atoms with E-state index in [1.54, 1.807) is 12.1 Å². The van der Waals surface area contributed by atoms with Crippen molar-refractivity contribution in [3.05, 3.63) is 35.6 Å². The molecule has 0 amide bonds. The van der Waals surface area contributed by atoms with Crippen LogP contribution in [0.5, 0.6) is 0 Å². The minimum atomic E-state index is -0.570. The molecule has 0 aromatic heterocycles. The monoisotopic (exact) mass is 265 g/mol. The molecular weight excluding hydrogens is 241 g/mol. The molecule has 1 fully saturated rings. The van der Waals surface area contributed by atoms with Crippen LogP contribution < -0.4 is 5.32 Å². The van der Waals surface area contributed by atoms with Gasteiger partial charge in [0.15, 0.2) is 0 Å². The van der Waals surface area contributed by atoms with Crippen LogP contribution in [0.3, 0.4) is 0 Å². The fourth-order valence-electron chi connectivity index (χ4n) is 2.92. The zero-order chi connectivity index (χ0) is 13.7. The molecule has 1 saturated carbocycles. The smallest absolute Gasteiger partial charge is 0.123 e. The lowest BCUT2D eigenvalue weighted by molar-refractivity contribution is 0.00248. The Kier molecular flexibility index (Phi) is 4.94. The first-order valence-corrected chi connectivity index (χ1v) is 7.34. The third-order valence-electron chi connectivity index (χ3n) is 4.12. The fourth-order valence-corrected chi connectivity index (χ4v) is 2.92. The first kappa shape index (κ1) is 14.5. The van der Waals surface area contributed by atoms with Crippen molar-refractivity contribution in [3.8, 4) is 0 Å². The second-order valence-corrected chi connectivity index (χ2v) is 5.68. The minimum Gasteiger partial charge on any atom is -0.389 e. The molecule has 3 heteroatoms. The predicted octanol–water partition coefficient (Wildman–Crippen LogP) is 3.56. The molecule has 0 aliphatic heterocycles. The van der Waals surface area contributed by atoms with Crippen molar-refractivity contribution in [1.29, 1.82) is 0 Å². The van der Waals surface area contributed by atoms with E-state index in [1.807, 2.05) is 6.07 Å². The summed E-state index contributed by atoms with van der Waals surface area (Å²) in [4.78, 5) is 0. The Bertz CT molecular complexity index is 401. The van der Waals surface area contributed by atoms with Crippen LogP contribution in [0.2, 0.25) is 0 Å². The maximum absolute atomic E-state index is 13.3. The third kappa shape index (κ3) is 4.02. The Morgan fingerprint density at radius 3 is 2.68 bits per heavy atom. The zero-order valence-electron chi connectivity index (χ0n) is 11.7. The van der Waals surface area contributed by atoms with Crippen molar-refractivity contribution in [1.82, 2.24) is 5.32 Å². The molecule has 0 bridgehead atoms. The Balaban J connectivity index is 1.95. The summed E-state index contributed by atoms with van der Waals surface area (Å²) >= 11 is 0. The topological polar surface area (TPSA) is 32.3 Å². The van der Waals surface area contributed by atoms with Crippen molar-refractivity contribution >= 4 is 0 Å². The molecule has 19 heavy (non-hydrogen) atoms. The Labute approximate surface area is 115 Å². The molecule has 2 N–H and O–H groups in total. The molecule has 2 rings (SSSR count). The molecule has 1 atom stereocenters. The average Bonchev–Trinajstić information content (AvgIpc) is 2.40. The van der Waals surface area contributed by atoms with Gasteiger partial charge in [0.25, 0.3) is 0 Å². The molecule has 2 nitrogen and oxygen atoms in total. The molecule has 1 unspecified atom stereocenters. The van der Waals surface area contributed by atoms with Gasteiger partial charge in [-0.2, -0.15) is 0 Å². The highest BCUT2D eigenvalue weighted by Gasteiger charge is 2.29. The SMILES string of the molecule is CCC(NCC1(O)CCCCC1)c1cccc(F)c1. The van der Waals surface area contributed by atoms with Crippen molar-refractivity contribution in [2.45, 2.75) is 57.1 Å². The van der Waals surface area contributed by atoms with Crippen molar-refractivity contribution in [3.63, 3.8) is 0 Å². The zero-order valence-corrected chi connectivity index (χ0v) is 11.7. The van der Waals surface area contributed by atoms with Gasteiger partial charge in [-0.3, -0.25) is 0 Å². The normalized spacial score (nSPS) is 20.2. The van der Waals surface area contributed by atoms with Crippen LogP contribution in [0.1, 0.15) is 57.1 Å². The van der Waals surface area contributed by atoms with Gasteiger partial charge in [-0.15, -0.1) is 0 Å². The van der Waals surface area contributed by atoms with Crippen LogP contribution >= 0.6 is 0 Å². The van der Waals surface area contributed by atoms with Gasteiger partial charge in [-0.1, -0.05) is 38.3 Å². The van der Waals surface area contributed by atoms with Gasteiger partial charge in [0.1, 0.15) is 5.82 Å². The van der Waals surface area contributed by atoms with Crippen molar-refractivity contribution in [2.75, 3.05) is 6.54 Å². The van der Waals surface area contributed by atoms with E-state index in [-0.39, 0.29) is 11.9 Å². The minimum absolute atomic E-state index is 0.113. The number of hydrogen-bond acceptors (Lipinski definition) is 2. The van der Waals surface area contributed by atoms with E-state index in [2.05, 4.69) is 12.2 Å². The average molecular weight is 265 g/mol. The van der Waals surface area contributed by atoms with Crippen LogP contribution in [0, 0.1) is 5.82 Å². The summed E-state index contributed by atoms with van der Waals surface area (Å²) in [5.41, 5.74) is 0.390. The Morgan fingerprint density at radius 2 is 2.05 bits per heavy atom. The van der Waals surface area contributed by atoms with Crippen LogP contribution in [0.15, 0.2) is 24.3 Å². The number of aliphatic hydroxyl groups is 1. The molecule has 106 valence electrons. The summed E-state index contributed by atoms with van der Waals surface area (Å²) in [6, 6.07) is 6.83. The molecule has 1 aliphatic rings. The lowest BCUT2D eigenvalue weighted by Crippen LogP contribution is -2.43. The lowest BCUT2D eigenvalue weighted by Gasteiger charge is -2.34. The summed E-state index contributed by atoms with van der Waals surface area (Å²) in [5.74, 6) is -0.200. The predicted molar refractivity (Wildman–Crippen MR) is 75.5 cm³/mol. The first-order chi connectivity index (χ1) is 9.13. The third-order valence-corrected chi connectivity index (χ3v) is 4.12. The van der Waals surface area contributed by atoms with E-state index >= 15 is 0 Å². The van der Waals surface area contributed by atoms with Gasteiger partial charge < -0.3 is 10.4 Å². The van der Waals surface area contributed by atoms with Crippen LogP contribution in [0.25, 0.3) is 0 Å². The Morgan fingerprint density at radius 1 is 1.32 bits per heavy atom. The summed E-state index contributed by atoms with van der Waals surface area (Å²) < 4.78 is 13.3. The molecule has 1 aromatic rings. The van der Waals surface area contributed by atoms with Gasteiger partial charge in [-0.25, -0.2) is 4.39 Å². The molecule has 1 aromatic carbocycles. The first-order valence-electron chi connectivity index (χ1n) is 7.34. The van der Waals surface area contributed by atoms with E-state index in [0.717, 1.165) is 37.7 Å². The van der Waals surface area contributed by atoms with E-state index in [0.29, 0.717) is 6.54 Å². The van der Waals surface area contributed by atoms with E-state index in [1.165, 1.54) is 12.5 Å². The van der Waals surface area contributed by atoms with Gasteiger partial charge in [0.05, 0.1) is 5.60 Å². The molecule has 0 saturated heterocycles. The number of hydrogen-bond donors (Lipinski definition) is 2. The quantitative estimate of drug-likeness (QED) is 0.853. The lowest BCUT2D eigenvalue weighted by atomic mass is 9.84. The highest BCUT2D eigenvalue weighted by Crippen LogP contribution is 2.28. The number of halogens is 1. The molecule has 0 radical (unpaired) electrons. The molecule has 1 aliphatic carbocycles. The van der Waals surface area contributed by atoms with E-state index in [4.69, 9.17) is 0 Å². The van der Waals surface area contributed by atoms with Crippen molar-refractivity contribution in [2.24, 2.45) is 0 Å². The maximum atomic E-state index is 13.3. The van der Waals surface area contributed by atoms with Gasteiger partial charge in [0, 0.05) is 12.6 Å². The second kappa shape index (κ2) is 6.49. The summed E-state index contributed by atoms with van der Waals surface area (Å²) in [6.07, 6.45) is 6.08. The van der Waals surface area contributed by atoms with Crippen LogP contribution in [-0.4, -0.2) is 17.3 Å². The molecule has 0 spiro atoms. The van der Waals surface area contributed by atoms with Gasteiger partial charge in [-0.05, 0) is 37.0 Å². The highest BCUT2D eigenvalue weighted by atomic mass is 19.1. The Hall–Kier alpha value is -0.930. The number of nitrogens with one attached hydrogen (secondary N) is 1.